The van der Waals surface area contributed by atoms with Crippen LogP contribution in [0.5, 0.6) is 11.5 Å². The van der Waals surface area contributed by atoms with Crippen LogP contribution in [0.1, 0.15) is 42.0 Å². The average Bonchev–Trinajstić information content (AvgIpc) is 3.20. The fourth-order valence-corrected chi connectivity index (χ4v) is 4.93. The predicted molar refractivity (Wildman–Crippen MR) is 128 cm³/mol. The van der Waals surface area contributed by atoms with Crippen LogP contribution in [0.25, 0.3) is 0 Å². The fraction of sp³-hybridized carbons (Fsp3) is 0.500. The van der Waals surface area contributed by atoms with Gasteiger partial charge in [0, 0.05) is 25.8 Å². The van der Waals surface area contributed by atoms with Crippen LogP contribution in [0.2, 0.25) is 0 Å². The minimum Gasteiger partial charge on any atom is -0.493 e. The lowest BCUT2D eigenvalue weighted by atomic mass is 9.98. The van der Waals surface area contributed by atoms with Crippen LogP contribution in [-0.2, 0) is 17.6 Å². The van der Waals surface area contributed by atoms with E-state index in [1.807, 2.05) is 18.2 Å². The average molecular weight is 438 g/mol. The molecule has 2 aromatic carbocycles. The highest BCUT2D eigenvalue weighted by atomic mass is 16.5. The number of likely N-dealkylation sites (tertiary alicyclic amines) is 1. The highest BCUT2D eigenvalue weighted by Gasteiger charge is 2.25. The molecule has 0 aliphatic carbocycles. The number of amides is 1. The molecule has 1 fully saturated rings. The van der Waals surface area contributed by atoms with Gasteiger partial charge < -0.3 is 19.7 Å². The highest BCUT2D eigenvalue weighted by Crippen LogP contribution is 2.32. The Kier molecular flexibility index (Phi) is 7.20. The van der Waals surface area contributed by atoms with Crippen molar-refractivity contribution in [1.82, 2.24) is 10.2 Å². The molecule has 2 aliphatic heterocycles. The summed E-state index contributed by atoms with van der Waals surface area (Å²) in [6, 6.07) is 12.7. The Bertz CT molecular complexity index is 940. The van der Waals surface area contributed by atoms with E-state index in [0.29, 0.717) is 24.5 Å². The first-order chi connectivity index (χ1) is 15.6. The van der Waals surface area contributed by atoms with Crippen LogP contribution in [0.4, 0.5) is 5.69 Å². The summed E-state index contributed by atoms with van der Waals surface area (Å²) >= 11 is 0. The van der Waals surface area contributed by atoms with Gasteiger partial charge in [-0.05, 0) is 67.2 Å². The number of hydrogen-bond donors (Lipinski definition) is 1. The molecule has 0 bridgehead atoms. The van der Waals surface area contributed by atoms with E-state index in [2.05, 4.69) is 40.4 Å². The van der Waals surface area contributed by atoms with Crippen molar-refractivity contribution in [2.75, 3.05) is 52.3 Å². The molecule has 1 amide bonds. The van der Waals surface area contributed by atoms with Crippen molar-refractivity contribution in [3.05, 3.63) is 53.1 Å². The lowest BCUT2D eigenvalue weighted by Crippen LogP contribution is -2.41. The zero-order valence-electron chi connectivity index (χ0n) is 19.5. The summed E-state index contributed by atoms with van der Waals surface area (Å²) in [5.41, 5.74) is 4.98. The van der Waals surface area contributed by atoms with E-state index in [0.717, 1.165) is 31.6 Å². The molecule has 1 atom stereocenters. The van der Waals surface area contributed by atoms with Crippen LogP contribution in [-0.4, -0.2) is 58.3 Å². The monoisotopic (exact) mass is 437 g/mol. The number of ether oxygens (including phenoxy) is 2. The summed E-state index contributed by atoms with van der Waals surface area (Å²) in [7, 11) is 5.38. The van der Waals surface area contributed by atoms with Crippen molar-refractivity contribution in [1.29, 1.82) is 0 Å². The minimum atomic E-state index is 0.0279. The molecule has 6 heteroatoms. The summed E-state index contributed by atoms with van der Waals surface area (Å²) in [5.74, 6) is 1.34. The molecule has 0 saturated carbocycles. The topological polar surface area (TPSA) is 54.0 Å². The van der Waals surface area contributed by atoms with Gasteiger partial charge in [0.1, 0.15) is 0 Å². The first kappa shape index (κ1) is 22.5. The molecular weight excluding hydrogens is 402 g/mol. The van der Waals surface area contributed by atoms with E-state index < -0.39 is 0 Å². The van der Waals surface area contributed by atoms with Crippen LogP contribution in [0.15, 0.2) is 36.4 Å². The molecular formula is C26H35N3O3. The second-order valence-electron chi connectivity index (χ2n) is 8.84. The van der Waals surface area contributed by atoms with Gasteiger partial charge in [-0.15, -0.1) is 0 Å². The number of carbonyl (C=O) groups is 1. The second-order valence-corrected chi connectivity index (χ2v) is 8.84. The number of nitrogens with zero attached hydrogens (tertiary/aromatic N) is 2. The quantitative estimate of drug-likeness (QED) is 0.684. The molecule has 2 aromatic rings. The maximum Gasteiger partial charge on any atom is 0.224 e. The first-order valence-electron chi connectivity index (χ1n) is 11.6. The number of benzene rings is 2. The Labute approximate surface area is 191 Å². The van der Waals surface area contributed by atoms with Crippen LogP contribution in [0.3, 0.4) is 0 Å². The van der Waals surface area contributed by atoms with Crippen LogP contribution in [0, 0.1) is 0 Å². The van der Waals surface area contributed by atoms with Gasteiger partial charge in [-0.25, -0.2) is 0 Å². The number of fused-ring (bicyclic) bond motifs is 1. The molecule has 32 heavy (non-hydrogen) atoms. The summed E-state index contributed by atoms with van der Waals surface area (Å²) in [6.45, 7) is 3.89. The van der Waals surface area contributed by atoms with Gasteiger partial charge in [0.05, 0.1) is 26.7 Å². The molecule has 0 radical (unpaired) electrons. The molecule has 172 valence electrons. The second kappa shape index (κ2) is 10.3. The third-order valence-electron chi connectivity index (χ3n) is 6.75. The van der Waals surface area contributed by atoms with E-state index in [-0.39, 0.29) is 11.9 Å². The lowest BCUT2D eigenvalue weighted by Gasteiger charge is -2.35. The number of carbonyl (C=O) groups excluding carboxylic acids is 1. The summed E-state index contributed by atoms with van der Waals surface area (Å²) in [5, 5.41) is 3.21. The molecule has 4 rings (SSSR count). The zero-order chi connectivity index (χ0) is 22.5. The molecule has 0 aromatic heterocycles. The van der Waals surface area contributed by atoms with Gasteiger partial charge in [-0.3, -0.25) is 9.69 Å². The van der Waals surface area contributed by atoms with Gasteiger partial charge in [0.25, 0.3) is 0 Å². The summed E-state index contributed by atoms with van der Waals surface area (Å²) < 4.78 is 10.7. The number of piperidine rings is 1. The summed E-state index contributed by atoms with van der Waals surface area (Å²) in [6.07, 6.45) is 5.16. The first-order valence-corrected chi connectivity index (χ1v) is 11.6. The molecule has 0 spiro atoms. The van der Waals surface area contributed by atoms with E-state index in [1.54, 1.807) is 14.2 Å². The predicted octanol–water partition coefficient (Wildman–Crippen LogP) is 3.58. The fourth-order valence-electron chi connectivity index (χ4n) is 4.93. The molecule has 1 N–H and O–H groups in total. The number of anilines is 1. The largest absolute Gasteiger partial charge is 0.493 e. The van der Waals surface area contributed by atoms with Crippen molar-refractivity contribution in [3.8, 4) is 11.5 Å². The number of hydrogen-bond acceptors (Lipinski definition) is 5. The number of rotatable bonds is 8. The van der Waals surface area contributed by atoms with Crippen molar-refractivity contribution < 1.29 is 14.3 Å². The molecule has 2 aliphatic rings. The lowest BCUT2D eigenvalue weighted by molar-refractivity contribution is -0.120. The third-order valence-corrected chi connectivity index (χ3v) is 6.75. The Morgan fingerprint density at radius 3 is 2.53 bits per heavy atom. The van der Waals surface area contributed by atoms with Crippen molar-refractivity contribution in [2.45, 2.75) is 38.1 Å². The van der Waals surface area contributed by atoms with Crippen molar-refractivity contribution in [3.63, 3.8) is 0 Å². The van der Waals surface area contributed by atoms with Gasteiger partial charge in [0.15, 0.2) is 11.5 Å². The van der Waals surface area contributed by atoms with E-state index >= 15 is 0 Å². The molecule has 6 nitrogen and oxygen atoms in total. The summed E-state index contributed by atoms with van der Waals surface area (Å²) in [4.78, 5) is 17.7. The van der Waals surface area contributed by atoms with E-state index in [1.165, 1.54) is 36.1 Å². The van der Waals surface area contributed by atoms with Crippen molar-refractivity contribution in [2.24, 2.45) is 0 Å². The van der Waals surface area contributed by atoms with E-state index in [4.69, 9.17) is 9.47 Å². The molecule has 0 unspecified atom stereocenters. The van der Waals surface area contributed by atoms with Gasteiger partial charge in [0.2, 0.25) is 5.91 Å². The Morgan fingerprint density at radius 1 is 1.00 bits per heavy atom. The number of likely N-dealkylation sites (N-methyl/N-ethyl adjacent to an activating group) is 1. The van der Waals surface area contributed by atoms with E-state index in [9.17, 15) is 4.79 Å². The third kappa shape index (κ3) is 5.01. The van der Waals surface area contributed by atoms with Crippen LogP contribution >= 0.6 is 0 Å². The maximum atomic E-state index is 12.8. The number of nitrogens with one attached hydrogen (secondary N) is 1. The van der Waals surface area contributed by atoms with Gasteiger partial charge in [-0.2, -0.15) is 0 Å². The smallest absolute Gasteiger partial charge is 0.224 e. The SMILES string of the molecule is COc1ccc(CC(=O)NC[C@H](c2ccc3c(c2)CCN3C)N2CCCCC2)cc1OC. The Hall–Kier alpha value is -2.73. The van der Waals surface area contributed by atoms with Crippen LogP contribution < -0.4 is 19.7 Å². The Balaban J connectivity index is 1.45. The van der Waals surface area contributed by atoms with Crippen molar-refractivity contribution >= 4 is 11.6 Å². The zero-order valence-corrected chi connectivity index (χ0v) is 19.5. The van der Waals surface area contributed by atoms with Gasteiger partial charge in [-0.1, -0.05) is 24.6 Å². The van der Waals surface area contributed by atoms with Gasteiger partial charge >= 0.3 is 0 Å². The number of methoxy groups -OCH3 is 2. The molecule has 1 saturated heterocycles. The minimum absolute atomic E-state index is 0.0279. The molecule has 2 heterocycles. The highest BCUT2D eigenvalue weighted by molar-refractivity contribution is 5.78. The standard InChI is InChI=1S/C26H35N3O3/c1-28-14-11-21-17-20(8-9-22(21)28)23(29-12-5-4-6-13-29)18-27-26(30)16-19-7-10-24(31-2)25(15-19)32-3/h7-10,15,17,23H,4-6,11-14,16,18H2,1-3H3,(H,27,30)/t23-/m1/s1. The normalized spacial score (nSPS) is 17.0. The Morgan fingerprint density at radius 2 is 1.78 bits per heavy atom. The maximum absolute atomic E-state index is 12.8.